The van der Waals surface area contributed by atoms with E-state index < -0.39 is 0 Å². The number of anilines is 2. The molecule has 0 spiro atoms. The summed E-state index contributed by atoms with van der Waals surface area (Å²) in [6.45, 7) is 4.44. The highest BCUT2D eigenvalue weighted by Gasteiger charge is 2.22. The van der Waals surface area contributed by atoms with Crippen LogP contribution in [0.5, 0.6) is 5.75 Å². The molecular formula is C27H30N4O3. The third kappa shape index (κ3) is 5.73. The number of piperidine rings is 1. The van der Waals surface area contributed by atoms with Crippen LogP contribution in [0.3, 0.4) is 0 Å². The van der Waals surface area contributed by atoms with E-state index in [-0.39, 0.29) is 11.8 Å². The molecule has 2 amide bonds. The molecule has 1 saturated heterocycles. The number of methoxy groups -OCH3 is 1. The number of aromatic nitrogens is 1. The van der Waals surface area contributed by atoms with Gasteiger partial charge in [0.2, 0.25) is 0 Å². The Morgan fingerprint density at radius 1 is 1.06 bits per heavy atom. The van der Waals surface area contributed by atoms with Crippen LogP contribution in [0, 0.1) is 5.92 Å². The number of amides is 2. The summed E-state index contributed by atoms with van der Waals surface area (Å²) in [7, 11) is 1.56. The maximum Gasteiger partial charge on any atom is 0.255 e. The van der Waals surface area contributed by atoms with Gasteiger partial charge in [0.05, 0.1) is 12.7 Å². The Balaban J connectivity index is 1.57. The molecule has 0 saturated carbocycles. The highest BCUT2D eigenvalue weighted by atomic mass is 16.5. The molecule has 3 aromatic rings. The van der Waals surface area contributed by atoms with Gasteiger partial charge in [0, 0.05) is 49.0 Å². The van der Waals surface area contributed by atoms with Gasteiger partial charge in [0.1, 0.15) is 5.75 Å². The summed E-state index contributed by atoms with van der Waals surface area (Å²) in [5.74, 6) is 0.841. The number of carbonyl (C=O) groups excluding carboxylic acids is 2. The van der Waals surface area contributed by atoms with Crippen molar-refractivity contribution in [3.05, 3.63) is 83.7 Å². The zero-order chi connectivity index (χ0) is 23.9. The average molecular weight is 459 g/mol. The van der Waals surface area contributed by atoms with E-state index in [1.54, 1.807) is 49.8 Å². The van der Waals surface area contributed by atoms with Gasteiger partial charge in [-0.05, 0) is 66.8 Å². The van der Waals surface area contributed by atoms with Crippen molar-refractivity contribution in [2.24, 2.45) is 5.92 Å². The number of rotatable bonds is 7. The number of nitrogens with one attached hydrogen (secondary N) is 2. The zero-order valence-corrected chi connectivity index (χ0v) is 19.6. The standard InChI is InChI=1S/C27H30N4O3/c1-19-10-13-31(14-11-19)25-9-8-22(30-26(32)21-6-3-7-23(15-21)34-2)16-24(25)27(33)29-18-20-5-4-12-28-17-20/h3-9,12,15-17,19H,10-11,13-14,18H2,1-2H3,(H,29,33)(H,30,32). The van der Waals surface area contributed by atoms with Crippen molar-refractivity contribution in [3.63, 3.8) is 0 Å². The molecule has 2 heterocycles. The molecule has 0 aliphatic carbocycles. The number of nitrogens with zero attached hydrogens (tertiary/aromatic N) is 2. The molecule has 7 heteroatoms. The number of hydrogen-bond donors (Lipinski definition) is 2. The van der Waals surface area contributed by atoms with Gasteiger partial charge < -0.3 is 20.3 Å². The average Bonchev–Trinajstić information content (AvgIpc) is 2.88. The van der Waals surface area contributed by atoms with Gasteiger partial charge in [-0.1, -0.05) is 19.1 Å². The Morgan fingerprint density at radius 2 is 1.88 bits per heavy atom. The van der Waals surface area contributed by atoms with Crippen molar-refractivity contribution in [1.29, 1.82) is 0 Å². The molecule has 7 nitrogen and oxygen atoms in total. The molecule has 2 N–H and O–H groups in total. The molecule has 34 heavy (non-hydrogen) atoms. The predicted molar refractivity (Wildman–Crippen MR) is 133 cm³/mol. The fourth-order valence-electron chi connectivity index (χ4n) is 4.07. The molecule has 2 aromatic carbocycles. The van der Waals surface area contributed by atoms with Gasteiger partial charge in [0.25, 0.3) is 11.8 Å². The van der Waals surface area contributed by atoms with Crippen molar-refractivity contribution in [1.82, 2.24) is 10.3 Å². The second-order valence-electron chi connectivity index (χ2n) is 8.63. The molecule has 1 fully saturated rings. The van der Waals surface area contributed by atoms with Crippen LogP contribution in [0.4, 0.5) is 11.4 Å². The number of benzene rings is 2. The summed E-state index contributed by atoms with van der Waals surface area (Å²) in [4.78, 5) is 32.4. The van der Waals surface area contributed by atoms with E-state index in [4.69, 9.17) is 4.74 Å². The third-order valence-corrected chi connectivity index (χ3v) is 6.13. The van der Waals surface area contributed by atoms with Crippen molar-refractivity contribution in [2.45, 2.75) is 26.3 Å². The van der Waals surface area contributed by atoms with Crippen LogP contribution >= 0.6 is 0 Å². The third-order valence-electron chi connectivity index (χ3n) is 6.13. The Hall–Kier alpha value is -3.87. The van der Waals surface area contributed by atoms with Crippen LogP contribution in [0.1, 0.15) is 46.0 Å². The lowest BCUT2D eigenvalue weighted by Gasteiger charge is -2.33. The molecule has 1 aromatic heterocycles. The van der Waals surface area contributed by atoms with Crippen LogP contribution in [-0.2, 0) is 6.54 Å². The molecule has 4 rings (SSSR count). The van der Waals surface area contributed by atoms with Crippen molar-refractivity contribution in [3.8, 4) is 5.75 Å². The molecule has 0 unspecified atom stereocenters. The number of hydrogen-bond acceptors (Lipinski definition) is 5. The van der Waals surface area contributed by atoms with Gasteiger partial charge in [-0.15, -0.1) is 0 Å². The lowest BCUT2D eigenvalue weighted by Crippen LogP contribution is -2.35. The summed E-state index contributed by atoms with van der Waals surface area (Å²) >= 11 is 0. The first kappa shape index (κ1) is 23.3. The van der Waals surface area contributed by atoms with Gasteiger partial charge in [0.15, 0.2) is 0 Å². The van der Waals surface area contributed by atoms with Crippen molar-refractivity contribution in [2.75, 3.05) is 30.4 Å². The lowest BCUT2D eigenvalue weighted by atomic mass is 9.97. The topological polar surface area (TPSA) is 83.6 Å². The molecule has 0 radical (unpaired) electrons. The Kier molecular flexibility index (Phi) is 7.42. The van der Waals surface area contributed by atoms with Gasteiger partial charge in [-0.3, -0.25) is 14.6 Å². The smallest absolute Gasteiger partial charge is 0.255 e. The first-order valence-electron chi connectivity index (χ1n) is 11.5. The van der Waals surface area contributed by atoms with E-state index in [9.17, 15) is 9.59 Å². The molecule has 1 aliphatic rings. The van der Waals surface area contributed by atoms with E-state index in [0.717, 1.165) is 37.2 Å². The van der Waals surface area contributed by atoms with E-state index in [1.807, 2.05) is 24.3 Å². The summed E-state index contributed by atoms with van der Waals surface area (Å²) in [6.07, 6.45) is 5.61. The Labute approximate surface area is 200 Å². The second kappa shape index (κ2) is 10.8. The first-order chi connectivity index (χ1) is 16.5. The minimum Gasteiger partial charge on any atom is -0.497 e. The van der Waals surface area contributed by atoms with Crippen molar-refractivity contribution >= 4 is 23.2 Å². The van der Waals surface area contributed by atoms with Gasteiger partial charge in [-0.25, -0.2) is 0 Å². The van der Waals surface area contributed by atoms with Crippen LogP contribution in [0.2, 0.25) is 0 Å². The number of carbonyl (C=O) groups is 2. The van der Waals surface area contributed by atoms with E-state index >= 15 is 0 Å². The van der Waals surface area contributed by atoms with Gasteiger partial charge >= 0.3 is 0 Å². The maximum atomic E-state index is 13.2. The highest BCUT2D eigenvalue weighted by Crippen LogP contribution is 2.29. The molecule has 0 bridgehead atoms. The Bertz CT molecular complexity index is 1140. The van der Waals surface area contributed by atoms with Crippen LogP contribution in [0.25, 0.3) is 0 Å². The highest BCUT2D eigenvalue weighted by molar-refractivity contribution is 6.06. The quantitative estimate of drug-likeness (QED) is 0.544. The normalized spacial score (nSPS) is 13.9. The first-order valence-corrected chi connectivity index (χ1v) is 11.5. The van der Waals surface area contributed by atoms with Crippen LogP contribution in [-0.4, -0.2) is 37.0 Å². The molecular weight excluding hydrogens is 428 g/mol. The second-order valence-corrected chi connectivity index (χ2v) is 8.63. The summed E-state index contributed by atoms with van der Waals surface area (Å²) < 4.78 is 5.22. The Morgan fingerprint density at radius 3 is 2.62 bits per heavy atom. The maximum absolute atomic E-state index is 13.2. The molecule has 0 atom stereocenters. The predicted octanol–water partition coefficient (Wildman–Crippen LogP) is 4.51. The van der Waals surface area contributed by atoms with E-state index in [1.165, 1.54) is 0 Å². The minimum atomic E-state index is -0.264. The minimum absolute atomic E-state index is 0.185. The number of ether oxygens (including phenoxy) is 1. The van der Waals surface area contributed by atoms with E-state index in [0.29, 0.717) is 35.0 Å². The van der Waals surface area contributed by atoms with E-state index in [2.05, 4.69) is 27.4 Å². The SMILES string of the molecule is COc1cccc(C(=O)Nc2ccc(N3CCC(C)CC3)c(C(=O)NCc3cccnc3)c2)c1. The van der Waals surface area contributed by atoms with Crippen LogP contribution in [0.15, 0.2) is 67.0 Å². The molecule has 1 aliphatic heterocycles. The lowest BCUT2D eigenvalue weighted by molar-refractivity contribution is 0.0950. The largest absolute Gasteiger partial charge is 0.497 e. The zero-order valence-electron chi connectivity index (χ0n) is 19.6. The fourth-order valence-corrected chi connectivity index (χ4v) is 4.07. The summed E-state index contributed by atoms with van der Waals surface area (Å²) in [5.41, 5.74) is 3.40. The number of pyridine rings is 1. The van der Waals surface area contributed by atoms with Crippen molar-refractivity contribution < 1.29 is 14.3 Å². The fraction of sp³-hybridized carbons (Fsp3) is 0.296. The molecule has 176 valence electrons. The van der Waals surface area contributed by atoms with Gasteiger partial charge in [-0.2, -0.15) is 0 Å². The van der Waals surface area contributed by atoms with Crippen LogP contribution < -0.4 is 20.3 Å². The monoisotopic (exact) mass is 458 g/mol. The summed E-state index contributed by atoms with van der Waals surface area (Å²) in [6, 6.07) is 16.3. The summed E-state index contributed by atoms with van der Waals surface area (Å²) in [5, 5.41) is 5.91.